The Hall–Kier alpha value is -1.81. The number of hydrogen-bond donors (Lipinski definition) is 2. The molecule has 21 heavy (non-hydrogen) atoms. The molecule has 0 fully saturated rings. The molecule has 0 spiro atoms. The molecule has 2 aromatic carbocycles. The zero-order valence-corrected chi connectivity index (χ0v) is 13.4. The van der Waals surface area contributed by atoms with Crippen LogP contribution in [-0.2, 0) is 16.8 Å². The average Bonchev–Trinajstić information content (AvgIpc) is 2.81. The third-order valence-electron chi connectivity index (χ3n) is 4.13. The van der Waals surface area contributed by atoms with Crippen molar-refractivity contribution >= 4 is 27.5 Å². The second-order valence-electron chi connectivity index (χ2n) is 5.53. The lowest BCUT2D eigenvalue weighted by molar-refractivity contribution is -0.122. The first-order chi connectivity index (χ1) is 10.0. The van der Waals surface area contributed by atoms with E-state index in [2.05, 4.69) is 21.2 Å². The lowest BCUT2D eigenvalue weighted by Crippen LogP contribution is -2.46. The fourth-order valence-corrected chi connectivity index (χ4v) is 3.64. The van der Waals surface area contributed by atoms with Gasteiger partial charge in [0, 0.05) is 10.2 Å². The van der Waals surface area contributed by atoms with Crippen LogP contribution in [0.2, 0.25) is 0 Å². The Morgan fingerprint density at radius 2 is 2.05 bits per heavy atom. The van der Waals surface area contributed by atoms with Crippen molar-refractivity contribution in [1.29, 1.82) is 0 Å². The first-order valence-electron chi connectivity index (χ1n) is 6.95. The van der Waals surface area contributed by atoms with E-state index in [0.717, 1.165) is 33.3 Å². The van der Waals surface area contributed by atoms with Crippen molar-refractivity contribution in [2.24, 2.45) is 5.73 Å². The highest BCUT2D eigenvalue weighted by molar-refractivity contribution is 9.10. The summed E-state index contributed by atoms with van der Waals surface area (Å²) in [6.07, 6.45) is 1.51. The van der Waals surface area contributed by atoms with Crippen molar-refractivity contribution in [3.63, 3.8) is 0 Å². The minimum Gasteiger partial charge on any atom is -0.368 e. The van der Waals surface area contributed by atoms with Gasteiger partial charge in [-0.15, -0.1) is 0 Å². The van der Waals surface area contributed by atoms with Gasteiger partial charge >= 0.3 is 0 Å². The third-order valence-corrected chi connectivity index (χ3v) is 4.87. The number of hydrogen-bond acceptors (Lipinski definition) is 2. The molecule has 0 radical (unpaired) electrons. The summed E-state index contributed by atoms with van der Waals surface area (Å²) in [7, 11) is 0. The van der Waals surface area contributed by atoms with Gasteiger partial charge in [-0.2, -0.15) is 0 Å². The van der Waals surface area contributed by atoms with E-state index in [-0.39, 0.29) is 5.91 Å². The van der Waals surface area contributed by atoms with Gasteiger partial charge in [-0.1, -0.05) is 40.2 Å². The summed E-state index contributed by atoms with van der Waals surface area (Å²) in [5.74, 6) is -0.333. The van der Waals surface area contributed by atoms with Gasteiger partial charge in [0.25, 0.3) is 0 Å². The van der Waals surface area contributed by atoms with Crippen LogP contribution < -0.4 is 11.1 Å². The summed E-state index contributed by atoms with van der Waals surface area (Å²) in [5, 5.41) is 3.38. The Bertz CT molecular complexity index is 714. The summed E-state index contributed by atoms with van der Waals surface area (Å²) in [5.41, 5.74) is 9.14. The summed E-state index contributed by atoms with van der Waals surface area (Å²) in [4.78, 5) is 12.2. The van der Waals surface area contributed by atoms with E-state index in [1.165, 1.54) is 0 Å². The smallest absolute Gasteiger partial charge is 0.247 e. The standard InChI is InChI=1S/C17H17BrN2O/c1-11-4-2-5-12(10-11)20-17(16(19)21)9-8-13-14(17)6-3-7-15(13)18/h2-7,10,20H,8-9H2,1H3,(H2,19,21). The number of primary amides is 1. The molecule has 0 saturated heterocycles. The average molecular weight is 345 g/mol. The van der Waals surface area contributed by atoms with Crippen LogP contribution in [0.3, 0.4) is 0 Å². The topological polar surface area (TPSA) is 55.1 Å². The maximum Gasteiger partial charge on any atom is 0.247 e. The van der Waals surface area contributed by atoms with Crippen LogP contribution in [0.15, 0.2) is 46.9 Å². The minimum atomic E-state index is -0.826. The van der Waals surface area contributed by atoms with Crippen molar-refractivity contribution in [3.05, 3.63) is 63.6 Å². The minimum absolute atomic E-state index is 0.333. The number of amides is 1. The second-order valence-corrected chi connectivity index (χ2v) is 6.38. The van der Waals surface area contributed by atoms with Crippen molar-refractivity contribution in [2.75, 3.05) is 5.32 Å². The maximum absolute atomic E-state index is 12.2. The fourth-order valence-electron chi connectivity index (χ4n) is 3.08. The molecule has 0 aliphatic heterocycles. The Balaban J connectivity index is 2.08. The van der Waals surface area contributed by atoms with E-state index >= 15 is 0 Å². The highest BCUT2D eigenvalue weighted by Gasteiger charge is 2.44. The Morgan fingerprint density at radius 1 is 1.29 bits per heavy atom. The number of rotatable bonds is 3. The molecule has 1 amide bonds. The normalized spacial score (nSPS) is 20.1. The second kappa shape index (κ2) is 5.19. The third kappa shape index (κ3) is 2.33. The molecule has 0 bridgehead atoms. The molecule has 1 aliphatic rings. The fraction of sp³-hybridized carbons (Fsp3) is 0.235. The van der Waals surface area contributed by atoms with Crippen molar-refractivity contribution < 1.29 is 4.79 Å². The van der Waals surface area contributed by atoms with E-state index in [1.807, 2.05) is 49.4 Å². The van der Waals surface area contributed by atoms with Crippen LogP contribution in [0.25, 0.3) is 0 Å². The molecule has 3 rings (SSSR count). The predicted octanol–water partition coefficient (Wildman–Crippen LogP) is 3.50. The molecule has 1 unspecified atom stereocenters. The molecule has 3 N–H and O–H groups in total. The van der Waals surface area contributed by atoms with Crippen LogP contribution in [0.1, 0.15) is 23.1 Å². The van der Waals surface area contributed by atoms with Gasteiger partial charge in [-0.3, -0.25) is 4.79 Å². The number of carbonyl (C=O) groups is 1. The number of halogens is 1. The molecule has 2 aromatic rings. The van der Waals surface area contributed by atoms with E-state index < -0.39 is 5.54 Å². The lowest BCUT2D eigenvalue weighted by atomic mass is 9.90. The summed E-state index contributed by atoms with van der Waals surface area (Å²) in [6, 6.07) is 13.9. The van der Waals surface area contributed by atoms with E-state index in [1.54, 1.807) is 0 Å². The van der Waals surface area contributed by atoms with Gasteiger partial charge in [-0.25, -0.2) is 0 Å². The molecule has 1 atom stereocenters. The van der Waals surface area contributed by atoms with Crippen molar-refractivity contribution in [1.82, 2.24) is 0 Å². The number of nitrogens with one attached hydrogen (secondary N) is 1. The highest BCUT2D eigenvalue weighted by atomic mass is 79.9. The highest BCUT2D eigenvalue weighted by Crippen LogP contribution is 2.42. The van der Waals surface area contributed by atoms with Crippen molar-refractivity contribution in [3.8, 4) is 0 Å². The van der Waals surface area contributed by atoms with E-state index in [0.29, 0.717) is 6.42 Å². The van der Waals surface area contributed by atoms with E-state index in [4.69, 9.17) is 5.73 Å². The predicted molar refractivity (Wildman–Crippen MR) is 88.1 cm³/mol. The van der Waals surface area contributed by atoms with Crippen LogP contribution in [0.5, 0.6) is 0 Å². The molecule has 4 heteroatoms. The van der Waals surface area contributed by atoms with Crippen molar-refractivity contribution in [2.45, 2.75) is 25.3 Å². The van der Waals surface area contributed by atoms with E-state index in [9.17, 15) is 4.79 Å². The van der Waals surface area contributed by atoms with Gasteiger partial charge in [0.1, 0.15) is 5.54 Å². The largest absolute Gasteiger partial charge is 0.368 e. The SMILES string of the molecule is Cc1cccc(NC2(C(N)=O)CCc3c(Br)cccc32)c1. The van der Waals surface area contributed by atoms with Gasteiger partial charge in [0.15, 0.2) is 0 Å². The first kappa shape index (κ1) is 14.1. The molecule has 108 valence electrons. The quantitative estimate of drug-likeness (QED) is 0.895. The molecule has 0 saturated carbocycles. The molecule has 3 nitrogen and oxygen atoms in total. The maximum atomic E-state index is 12.2. The summed E-state index contributed by atoms with van der Waals surface area (Å²) < 4.78 is 1.04. The van der Waals surface area contributed by atoms with Gasteiger partial charge in [0.05, 0.1) is 0 Å². The molecular weight excluding hydrogens is 328 g/mol. The number of aryl methyl sites for hydroxylation is 1. The zero-order valence-electron chi connectivity index (χ0n) is 11.8. The van der Waals surface area contributed by atoms with Gasteiger partial charge in [-0.05, 0) is 54.7 Å². The Kier molecular flexibility index (Phi) is 3.49. The molecule has 0 heterocycles. The number of fused-ring (bicyclic) bond motifs is 1. The molecule has 0 aromatic heterocycles. The number of benzene rings is 2. The van der Waals surface area contributed by atoms with Crippen LogP contribution in [-0.4, -0.2) is 5.91 Å². The number of nitrogens with two attached hydrogens (primary N) is 1. The van der Waals surface area contributed by atoms with Crippen LogP contribution in [0, 0.1) is 6.92 Å². The van der Waals surface area contributed by atoms with Crippen LogP contribution in [0.4, 0.5) is 5.69 Å². The Labute approximate surface area is 132 Å². The molecular formula is C17H17BrN2O. The monoisotopic (exact) mass is 344 g/mol. The Morgan fingerprint density at radius 3 is 2.76 bits per heavy atom. The number of anilines is 1. The lowest BCUT2D eigenvalue weighted by Gasteiger charge is -2.29. The summed E-state index contributed by atoms with van der Waals surface area (Å²) in [6.45, 7) is 2.03. The summed E-state index contributed by atoms with van der Waals surface area (Å²) >= 11 is 3.57. The first-order valence-corrected chi connectivity index (χ1v) is 7.75. The van der Waals surface area contributed by atoms with Gasteiger partial charge in [0.2, 0.25) is 5.91 Å². The van der Waals surface area contributed by atoms with Crippen LogP contribution >= 0.6 is 15.9 Å². The molecule has 1 aliphatic carbocycles. The van der Waals surface area contributed by atoms with Gasteiger partial charge < -0.3 is 11.1 Å². The zero-order chi connectivity index (χ0) is 15.0. The number of carbonyl (C=O) groups excluding carboxylic acids is 1.